The number of hydrogen-bond acceptors (Lipinski definition) is 12. The molecule has 444 valence electrons. The maximum atomic E-state index is 14.8. The molecule has 0 aliphatic carbocycles. The molecule has 0 N–H and O–H groups in total. The van der Waals surface area contributed by atoms with Gasteiger partial charge in [0.05, 0.1) is 19.6 Å². The van der Waals surface area contributed by atoms with Gasteiger partial charge < -0.3 is 52.2 Å². The molecule has 0 amide bonds. The fourth-order valence-corrected chi connectivity index (χ4v) is 46.2. The normalized spacial score (nSPS) is 18.0. The van der Waals surface area contributed by atoms with E-state index in [2.05, 4.69) is 11.7 Å². The van der Waals surface area contributed by atoms with Gasteiger partial charge in [-0.05, 0) is 126 Å². The van der Waals surface area contributed by atoms with Gasteiger partial charge in [-0.25, -0.2) is 8.78 Å². The molecule has 0 heterocycles. The Labute approximate surface area is 444 Å². The Morgan fingerprint density at radius 3 is 1.51 bits per heavy atom. The van der Waals surface area contributed by atoms with Gasteiger partial charge in [-0.2, -0.15) is 48.3 Å². The lowest BCUT2D eigenvalue weighted by Gasteiger charge is -2.44. The summed E-state index contributed by atoms with van der Waals surface area (Å²) in [5.41, 5.74) is -5.05. The molecule has 1 rings (SSSR count). The van der Waals surface area contributed by atoms with Gasteiger partial charge in [0, 0.05) is 47.2 Å². The second-order valence-corrected chi connectivity index (χ2v) is 49.0. The largest absolute Gasteiger partial charge is 0.500 e. The third kappa shape index (κ3) is 25.5. The lowest BCUT2D eigenvalue weighted by atomic mass is 9.97. The highest BCUT2D eigenvalue weighted by molar-refractivity contribution is 6.90. The SMILES string of the molecule is CO[Si](CC[Si](C)(O[SiH](C)O[Si](C)(C)O[Si](C)(CCCOCC(F)(C(F)(F)F)C(F)(F)C(F)(F)F)O[Si](C)(C)CCCOCF)O[Si](C)(CC(C)c1ccccc1)O[Si](C)(C)CCCOCCC(F)(F)F)(OC)OC. The van der Waals surface area contributed by atoms with E-state index in [9.17, 15) is 57.1 Å². The van der Waals surface area contributed by atoms with Gasteiger partial charge in [0.25, 0.3) is 5.67 Å². The summed E-state index contributed by atoms with van der Waals surface area (Å²) in [4.78, 5) is 0. The van der Waals surface area contributed by atoms with Crippen molar-refractivity contribution in [3.05, 3.63) is 35.9 Å². The smallest absolute Gasteiger partial charge is 0.436 e. The van der Waals surface area contributed by atoms with Crippen LogP contribution in [0.15, 0.2) is 30.3 Å². The molecule has 0 bridgehead atoms. The van der Waals surface area contributed by atoms with E-state index < -0.39 is 132 Å². The molecule has 1 aromatic rings. The van der Waals surface area contributed by atoms with Crippen molar-refractivity contribution in [3.8, 4) is 0 Å². The average Bonchev–Trinajstić information content (AvgIpc) is 3.24. The zero-order valence-corrected chi connectivity index (χ0v) is 53.8. The molecule has 0 spiro atoms. The summed E-state index contributed by atoms with van der Waals surface area (Å²) < 4.78 is 247. The summed E-state index contributed by atoms with van der Waals surface area (Å²) >= 11 is 0. The molecular formula is C42H81F13O12Si8. The van der Waals surface area contributed by atoms with Crippen molar-refractivity contribution in [2.24, 2.45) is 0 Å². The number of hydrogen-bond donors (Lipinski definition) is 0. The number of rotatable bonds is 39. The Bertz CT molecular complexity index is 1780. The highest BCUT2D eigenvalue weighted by Crippen LogP contribution is 2.53. The molecule has 0 fully saturated rings. The minimum atomic E-state index is -6.88. The molecule has 6 unspecified atom stereocenters. The molecule has 0 saturated heterocycles. The van der Waals surface area contributed by atoms with Crippen LogP contribution in [0, 0.1) is 0 Å². The van der Waals surface area contributed by atoms with Gasteiger partial charge in [-0.15, -0.1) is 0 Å². The van der Waals surface area contributed by atoms with E-state index >= 15 is 0 Å². The Hall–Kier alpha value is -0.435. The molecule has 1 aromatic carbocycles. The minimum absolute atomic E-state index is 0.0604. The fourth-order valence-electron chi connectivity index (χ4n) is 8.63. The van der Waals surface area contributed by atoms with Crippen LogP contribution in [-0.2, 0) is 52.2 Å². The van der Waals surface area contributed by atoms with Crippen molar-refractivity contribution in [3.63, 3.8) is 0 Å². The zero-order valence-electron chi connectivity index (χ0n) is 45.7. The molecule has 0 radical (unpaired) electrons. The predicted molar refractivity (Wildman–Crippen MR) is 276 cm³/mol. The first-order valence-corrected chi connectivity index (χ1v) is 45.1. The van der Waals surface area contributed by atoms with Gasteiger partial charge in [0.1, 0.15) is 0 Å². The van der Waals surface area contributed by atoms with Gasteiger partial charge in [0.2, 0.25) is 0 Å². The zero-order chi connectivity index (χ0) is 58.1. The van der Waals surface area contributed by atoms with Crippen molar-refractivity contribution in [1.82, 2.24) is 0 Å². The third-order valence-electron chi connectivity index (χ3n) is 11.9. The summed E-state index contributed by atoms with van der Waals surface area (Å²) in [5.74, 6) is -6.89. The minimum Gasteiger partial charge on any atom is -0.436 e. The number of benzene rings is 1. The molecule has 0 aliphatic heterocycles. The number of ether oxygens (including phenoxy) is 3. The van der Waals surface area contributed by atoms with Crippen LogP contribution in [0.1, 0.15) is 44.1 Å². The van der Waals surface area contributed by atoms with Crippen LogP contribution in [0.5, 0.6) is 0 Å². The van der Waals surface area contributed by atoms with E-state index in [1.54, 1.807) is 26.2 Å². The maximum Gasteiger partial charge on any atom is 0.500 e. The molecule has 0 saturated carbocycles. The molecular weight excluding hydrogens is 1170 g/mol. The Morgan fingerprint density at radius 1 is 0.533 bits per heavy atom. The van der Waals surface area contributed by atoms with Crippen LogP contribution in [0.4, 0.5) is 57.1 Å². The van der Waals surface area contributed by atoms with Crippen LogP contribution in [0.2, 0.25) is 102 Å². The van der Waals surface area contributed by atoms with Gasteiger partial charge in [0.15, 0.2) is 23.5 Å². The second-order valence-electron chi connectivity index (χ2n) is 20.6. The predicted octanol–water partition coefficient (Wildman–Crippen LogP) is 13.5. The monoisotopic (exact) mass is 1250 g/mol. The Kier molecular flexibility index (Phi) is 29.1. The summed E-state index contributed by atoms with van der Waals surface area (Å²) in [6.45, 7) is 15.6. The van der Waals surface area contributed by atoms with Gasteiger partial charge in [-0.1, -0.05) is 37.3 Å². The standard InChI is InChI=1S/C42H81F13O12Si8/c1-36(37-21-16-15-17-22-37)33-74(14,65-70(8,9)28-18-24-59-27-23-39(45,46)47)67-72(12,31-32-75(56-2,57-3)58-4)63-68(5)62-71(10,11)66-73(13,64-69(6,7)29-19-26-61-35-43)30-20-25-60-34-38(44,41(50,51)52)40(48,49)42(53,54)55/h15-17,21-22,36,68H,18-20,23-35H2,1-14H3. The average molecular weight is 1250 g/mol. The van der Waals surface area contributed by atoms with Crippen LogP contribution >= 0.6 is 0 Å². The van der Waals surface area contributed by atoms with E-state index in [0.29, 0.717) is 31.0 Å². The van der Waals surface area contributed by atoms with Crippen molar-refractivity contribution in [2.45, 2.75) is 170 Å². The van der Waals surface area contributed by atoms with Gasteiger partial charge >= 0.3 is 76.8 Å². The molecule has 6 atom stereocenters. The van der Waals surface area contributed by atoms with Crippen molar-refractivity contribution in [1.29, 1.82) is 0 Å². The third-order valence-corrected chi connectivity index (χ3v) is 43.9. The maximum absolute atomic E-state index is 14.8. The number of alkyl halides is 13. The quantitative estimate of drug-likeness (QED) is 0.0355. The van der Waals surface area contributed by atoms with E-state index in [1.807, 2.05) is 69.6 Å². The summed E-state index contributed by atoms with van der Waals surface area (Å²) in [7, 11) is -21.1. The Balaban J connectivity index is 3.65. The van der Waals surface area contributed by atoms with E-state index in [1.165, 1.54) is 21.3 Å². The Morgan fingerprint density at radius 2 is 1.03 bits per heavy atom. The van der Waals surface area contributed by atoms with Crippen LogP contribution in [0.25, 0.3) is 0 Å². The highest BCUT2D eigenvalue weighted by Gasteiger charge is 2.81. The topological polar surface area (TPSA) is 111 Å². The van der Waals surface area contributed by atoms with Gasteiger partial charge in [-0.3, -0.25) is 0 Å². The summed E-state index contributed by atoms with van der Waals surface area (Å²) in [6, 6.07) is 11.6. The number of halogens is 13. The first kappa shape index (κ1) is 72.6. The second kappa shape index (κ2) is 30.0. The van der Waals surface area contributed by atoms with Crippen LogP contribution < -0.4 is 0 Å². The van der Waals surface area contributed by atoms with Crippen molar-refractivity contribution < 1.29 is 109 Å². The lowest BCUT2D eigenvalue weighted by Crippen LogP contribution is -2.64. The molecule has 33 heteroatoms. The fraction of sp³-hybridized carbons (Fsp3) is 0.857. The first-order valence-electron chi connectivity index (χ1n) is 24.5. The molecule has 75 heavy (non-hydrogen) atoms. The summed E-state index contributed by atoms with van der Waals surface area (Å²) in [5, 5.41) is 0. The molecule has 0 aliphatic rings. The summed E-state index contributed by atoms with van der Waals surface area (Å²) in [6.07, 6.45) is -18.4. The molecule has 12 nitrogen and oxygen atoms in total. The van der Waals surface area contributed by atoms with E-state index in [-0.39, 0.29) is 43.7 Å². The molecule has 0 aromatic heterocycles. The van der Waals surface area contributed by atoms with E-state index in [4.69, 9.17) is 47.4 Å². The van der Waals surface area contributed by atoms with E-state index in [0.717, 1.165) is 5.56 Å². The first-order chi connectivity index (χ1) is 34.0. The lowest BCUT2D eigenvalue weighted by molar-refractivity contribution is -0.390. The van der Waals surface area contributed by atoms with Crippen molar-refractivity contribution >= 4 is 69.0 Å². The van der Waals surface area contributed by atoms with Crippen molar-refractivity contribution in [2.75, 3.05) is 61.2 Å². The van der Waals surface area contributed by atoms with Crippen LogP contribution in [0.3, 0.4) is 0 Å². The highest BCUT2D eigenvalue weighted by atomic mass is 28.5. The van der Waals surface area contributed by atoms with Crippen LogP contribution in [-0.4, -0.2) is 160 Å².